The molecular formula is C19H33N5O3S. The molecule has 0 bridgehead atoms. The number of ether oxygens (including phenoxy) is 1. The fraction of sp³-hybridized carbons (Fsp3) is 0.789. The van der Waals surface area contributed by atoms with Gasteiger partial charge in [0.1, 0.15) is 10.6 Å². The van der Waals surface area contributed by atoms with E-state index in [1.165, 1.54) is 17.8 Å². The van der Waals surface area contributed by atoms with E-state index in [-0.39, 0.29) is 18.0 Å². The van der Waals surface area contributed by atoms with Gasteiger partial charge in [-0.25, -0.2) is 9.59 Å². The molecule has 0 saturated heterocycles. The van der Waals surface area contributed by atoms with Crippen molar-refractivity contribution in [1.29, 1.82) is 0 Å². The lowest BCUT2D eigenvalue weighted by molar-refractivity contribution is 0.0516. The summed E-state index contributed by atoms with van der Waals surface area (Å²) in [5.41, 5.74) is -0.554. The molecule has 1 aliphatic carbocycles. The smallest absolute Gasteiger partial charge is 0.407 e. The van der Waals surface area contributed by atoms with E-state index in [0.29, 0.717) is 17.6 Å². The van der Waals surface area contributed by atoms with Crippen LogP contribution in [0.4, 0.5) is 14.7 Å². The molecule has 1 saturated carbocycles. The second kappa shape index (κ2) is 10.0. The Morgan fingerprint density at radius 1 is 1.18 bits per heavy atom. The zero-order valence-electron chi connectivity index (χ0n) is 17.5. The number of carbonyl (C=O) groups excluding carboxylic acids is 2. The summed E-state index contributed by atoms with van der Waals surface area (Å²) in [6.45, 7) is 9.87. The molecule has 1 atom stereocenters. The number of anilines is 1. The van der Waals surface area contributed by atoms with Crippen molar-refractivity contribution in [2.24, 2.45) is 5.92 Å². The van der Waals surface area contributed by atoms with Crippen LogP contribution in [0, 0.1) is 5.92 Å². The summed E-state index contributed by atoms with van der Waals surface area (Å²) in [4.78, 5) is 24.5. The van der Waals surface area contributed by atoms with Gasteiger partial charge in [0.2, 0.25) is 5.13 Å². The molecule has 9 heteroatoms. The highest BCUT2D eigenvalue weighted by molar-refractivity contribution is 7.15. The van der Waals surface area contributed by atoms with Gasteiger partial charge in [-0.1, -0.05) is 44.4 Å². The second-order valence-electron chi connectivity index (χ2n) is 8.59. The van der Waals surface area contributed by atoms with Crippen LogP contribution in [0.25, 0.3) is 0 Å². The minimum Gasteiger partial charge on any atom is -0.444 e. The molecule has 2 rings (SSSR count). The Morgan fingerprint density at radius 3 is 2.43 bits per heavy atom. The fourth-order valence-electron chi connectivity index (χ4n) is 3.20. The van der Waals surface area contributed by atoms with Crippen molar-refractivity contribution in [2.45, 2.75) is 84.3 Å². The van der Waals surface area contributed by atoms with E-state index in [0.717, 1.165) is 30.7 Å². The van der Waals surface area contributed by atoms with E-state index in [4.69, 9.17) is 4.74 Å². The third-order valence-electron chi connectivity index (χ3n) is 4.56. The zero-order valence-corrected chi connectivity index (χ0v) is 18.3. The predicted octanol–water partition coefficient (Wildman–Crippen LogP) is 4.26. The molecule has 28 heavy (non-hydrogen) atoms. The molecule has 0 unspecified atom stereocenters. The first-order valence-corrected chi connectivity index (χ1v) is 10.8. The van der Waals surface area contributed by atoms with E-state index in [1.54, 1.807) is 0 Å². The highest BCUT2D eigenvalue weighted by atomic mass is 32.1. The molecule has 1 aromatic rings. The van der Waals surface area contributed by atoms with Crippen molar-refractivity contribution in [2.75, 3.05) is 11.9 Å². The van der Waals surface area contributed by atoms with Crippen LogP contribution in [0.1, 0.15) is 77.6 Å². The molecule has 0 spiro atoms. The van der Waals surface area contributed by atoms with Crippen molar-refractivity contribution < 1.29 is 14.3 Å². The van der Waals surface area contributed by atoms with Gasteiger partial charge in [0.05, 0.1) is 6.04 Å². The fourth-order valence-corrected chi connectivity index (χ4v) is 3.94. The lowest BCUT2D eigenvalue weighted by Crippen LogP contribution is -2.50. The van der Waals surface area contributed by atoms with Crippen molar-refractivity contribution in [1.82, 2.24) is 20.8 Å². The third kappa shape index (κ3) is 7.61. The van der Waals surface area contributed by atoms with Gasteiger partial charge in [0.25, 0.3) is 0 Å². The van der Waals surface area contributed by atoms with Gasteiger partial charge in [-0.05, 0) is 39.5 Å². The maximum Gasteiger partial charge on any atom is 0.407 e. The lowest BCUT2D eigenvalue weighted by Gasteiger charge is -2.31. The van der Waals surface area contributed by atoms with Gasteiger partial charge in [-0.15, -0.1) is 10.2 Å². The Bertz CT molecular complexity index is 650. The molecule has 1 fully saturated rings. The number of urea groups is 1. The Morgan fingerprint density at radius 2 is 1.86 bits per heavy atom. The quantitative estimate of drug-likeness (QED) is 0.649. The first-order valence-electron chi connectivity index (χ1n) is 10.0. The summed E-state index contributed by atoms with van der Waals surface area (Å²) >= 11 is 1.37. The summed E-state index contributed by atoms with van der Waals surface area (Å²) in [6.07, 6.45) is 5.11. The molecule has 1 heterocycles. The molecule has 3 N–H and O–H groups in total. The standard InChI is InChI=1S/C19H33N5O3S/c1-12(2)15-23-24-17(28-15)22-16(25)21-14(13-9-7-6-8-10-13)11-20-18(26)27-19(3,4)5/h12-14H,6-11H2,1-5H3,(H,20,26)(H2,21,22,24,25)/t14-/m1/s1. The molecule has 1 aromatic heterocycles. The number of hydrogen-bond acceptors (Lipinski definition) is 6. The van der Waals surface area contributed by atoms with Crippen LogP contribution in [0.3, 0.4) is 0 Å². The predicted molar refractivity (Wildman–Crippen MR) is 111 cm³/mol. The van der Waals surface area contributed by atoms with Crippen molar-refractivity contribution in [3.8, 4) is 0 Å². The maximum absolute atomic E-state index is 12.5. The van der Waals surface area contributed by atoms with E-state index < -0.39 is 11.7 Å². The van der Waals surface area contributed by atoms with E-state index >= 15 is 0 Å². The molecular weight excluding hydrogens is 378 g/mol. The summed E-state index contributed by atoms with van der Waals surface area (Å²) in [5, 5.41) is 18.0. The Kier molecular flexibility index (Phi) is 8.03. The Labute approximate surface area is 171 Å². The molecule has 158 valence electrons. The summed E-state index contributed by atoms with van der Waals surface area (Å²) in [7, 11) is 0. The molecule has 1 aliphatic rings. The normalized spacial score (nSPS) is 16.5. The van der Waals surface area contributed by atoms with Crippen LogP contribution in [-0.4, -0.2) is 40.5 Å². The summed E-state index contributed by atoms with van der Waals surface area (Å²) in [5.74, 6) is 0.596. The van der Waals surface area contributed by atoms with E-state index in [2.05, 4.69) is 26.1 Å². The number of hydrogen-bond donors (Lipinski definition) is 3. The first kappa shape index (κ1) is 22.4. The largest absolute Gasteiger partial charge is 0.444 e. The molecule has 0 aliphatic heterocycles. The van der Waals surface area contributed by atoms with Crippen LogP contribution in [0.5, 0.6) is 0 Å². The van der Waals surface area contributed by atoms with Crippen molar-refractivity contribution in [3.63, 3.8) is 0 Å². The van der Waals surface area contributed by atoms with Crippen LogP contribution >= 0.6 is 11.3 Å². The van der Waals surface area contributed by atoms with Crippen molar-refractivity contribution >= 4 is 28.6 Å². The topological polar surface area (TPSA) is 105 Å². The summed E-state index contributed by atoms with van der Waals surface area (Å²) in [6, 6.07) is -0.488. The average molecular weight is 412 g/mol. The van der Waals surface area contributed by atoms with E-state index in [9.17, 15) is 9.59 Å². The minimum atomic E-state index is -0.554. The third-order valence-corrected chi connectivity index (χ3v) is 5.69. The highest BCUT2D eigenvalue weighted by Gasteiger charge is 2.27. The molecule has 0 radical (unpaired) electrons. The number of nitrogens with zero attached hydrogens (tertiary/aromatic N) is 2. The Hall–Kier alpha value is -1.90. The van der Waals surface area contributed by atoms with Gasteiger partial charge in [0.15, 0.2) is 0 Å². The van der Waals surface area contributed by atoms with E-state index in [1.807, 2.05) is 34.6 Å². The van der Waals surface area contributed by atoms with Crippen LogP contribution < -0.4 is 16.0 Å². The van der Waals surface area contributed by atoms with Gasteiger partial charge in [-0.2, -0.15) is 0 Å². The van der Waals surface area contributed by atoms with Crippen LogP contribution in [-0.2, 0) is 4.74 Å². The van der Waals surface area contributed by atoms with Crippen LogP contribution in [0.2, 0.25) is 0 Å². The molecule has 3 amide bonds. The highest BCUT2D eigenvalue weighted by Crippen LogP contribution is 2.27. The van der Waals surface area contributed by atoms with Crippen molar-refractivity contribution in [3.05, 3.63) is 5.01 Å². The number of aromatic nitrogens is 2. The average Bonchev–Trinajstić information content (AvgIpc) is 3.06. The monoisotopic (exact) mass is 411 g/mol. The number of alkyl carbamates (subject to hydrolysis) is 1. The lowest BCUT2D eigenvalue weighted by atomic mass is 9.84. The maximum atomic E-state index is 12.5. The van der Waals surface area contributed by atoms with Gasteiger partial charge < -0.3 is 15.4 Å². The number of amides is 3. The Balaban J connectivity index is 1.94. The number of nitrogens with one attached hydrogen (secondary N) is 3. The van der Waals surface area contributed by atoms with Gasteiger partial charge >= 0.3 is 12.1 Å². The number of rotatable bonds is 6. The SMILES string of the molecule is CC(C)c1nnc(NC(=O)N[C@H](CNC(=O)OC(C)(C)C)C2CCCCC2)s1. The molecule has 0 aromatic carbocycles. The summed E-state index contributed by atoms with van der Waals surface area (Å²) < 4.78 is 5.31. The minimum absolute atomic E-state index is 0.162. The van der Waals surface area contributed by atoms with Gasteiger partial charge in [-0.3, -0.25) is 5.32 Å². The van der Waals surface area contributed by atoms with Gasteiger partial charge in [0, 0.05) is 12.5 Å². The first-order chi connectivity index (χ1) is 13.1. The second-order valence-corrected chi connectivity index (χ2v) is 9.60. The number of carbonyl (C=O) groups is 2. The zero-order chi connectivity index (χ0) is 20.7. The molecule has 8 nitrogen and oxygen atoms in total. The van der Waals surface area contributed by atoms with Crippen LogP contribution in [0.15, 0.2) is 0 Å².